The lowest BCUT2D eigenvalue weighted by molar-refractivity contribution is -0.152. The molecule has 2 aromatic carbocycles. The quantitative estimate of drug-likeness (QED) is 0.726. The number of carbonyl (C=O) groups excluding carboxylic acids is 3. The molecule has 2 aromatic rings. The number of ether oxygens (including phenoxy) is 2. The van der Waals surface area contributed by atoms with Gasteiger partial charge >= 0.3 is 5.97 Å². The molecule has 0 aromatic heterocycles. The van der Waals surface area contributed by atoms with Gasteiger partial charge in [-0.25, -0.2) is 0 Å². The summed E-state index contributed by atoms with van der Waals surface area (Å²) in [5.41, 5.74) is 2.67. The number of amides is 2. The molecule has 1 aliphatic heterocycles. The van der Waals surface area contributed by atoms with Gasteiger partial charge < -0.3 is 19.7 Å². The number of methoxy groups -OCH3 is 1. The van der Waals surface area contributed by atoms with E-state index in [-0.39, 0.29) is 32.0 Å². The van der Waals surface area contributed by atoms with Gasteiger partial charge in [-0.05, 0) is 25.1 Å². The van der Waals surface area contributed by atoms with Crippen molar-refractivity contribution in [2.24, 2.45) is 5.92 Å². The smallest absolute Gasteiger partial charge is 0.311 e. The molecular formula is C22H24N2O5. The summed E-state index contributed by atoms with van der Waals surface area (Å²) in [5, 5.41) is 2.69. The lowest BCUT2D eigenvalue weighted by Crippen LogP contribution is -2.31. The first kappa shape index (κ1) is 20.4. The van der Waals surface area contributed by atoms with Crippen LogP contribution in [0, 0.1) is 12.8 Å². The van der Waals surface area contributed by atoms with Crippen LogP contribution in [0.15, 0.2) is 48.5 Å². The van der Waals surface area contributed by atoms with Gasteiger partial charge in [0.15, 0.2) is 6.61 Å². The fraction of sp³-hybridized carbons (Fsp3) is 0.318. The van der Waals surface area contributed by atoms with Crippen LogP contribution in [-0.4, -0.2) is 38.0 Å². The van der Waals surface area contributed by atoms with Crippen molar-refractivity contribution in [3.05, 3.63) is 59.7 Å². The van der Waals surface area contributed by atoms with Crippen LogP contribution in [-0.2, 0) is 25.7 Å². The molecule has 1 heterocycles. The highest BCUT2D eigenvalue weighted by Gasteiger charge is 2.36. The van der Waals surface area contributed by atoms with E-state index in [4.69, 9.17) is 9.47 Å². The molecule has 1 aliphatic rings. The van der Waals surface area contributed by atoms with Gasteiger partial charge in [0.05, 0.1) is 13.0 Å². The van der Waals surface area contributed by atoms with E-state index < -0.39 is 17.8 Å². The summed E-state index contributed by atoms with van der Waals surface area (Å²) in [6, 6.07) is 14.9. The summed E-state index contributed by atoms with van der Waals surface area (Å²) >= 11 is 0. The Kier molecular flexibility index (Phi) is 6.49. The number of esters is 1. The first-order chi connectivity index (χ1) is 14.0. The van der Waals surface area contributed by atoms with Crippen LogP contribution in [0.5, 0.6) is 5.75 Å². The Morgan fingerprint density at radius 1 is 1.14 bits per heavy atom. The molecule has 152 valence electrons. The van der Waals surface area contributed by atoms with Gasteiger partial charge in [0, 0.05) is 30.8 Å². The Morgan fingerprint density at radius 3 is 2.59 bits per heavy atom. The number of para-hydroxylation sites is 1. The monoisotopic (exact) mass is 396 g/mol. The second kappa shape index (κ2) is 9.23. The van der Waals surface area contributed by atoms with Crippen LogP contribution in [0.1, 0.15) is 17.5 Å². The first-order valence-corrected chi connectivity index (χ1v) is 9.40. The summed E-state index contributed by atoms with van der Waals surface area (Å²) in [6.45, 7) is 2.10. The van der Waals surface area contributed by atoms with Crippen molar-refractivity contribution < 1.29 is 23.9 Å². The van der Waals surface area contributed by atoms with E-state index in [1.807, 2.05) is 49.4 Å². The van der Waals surface area contributed by atoms with Crippen LogP contribution in [0.25, 0.3) is 0 Å². The maximum atomic E-state index is 12.3. The molecule has 1 atom stereocenters. The highest BCUT2D eigenvalue weighted by molar-refractivity contribution is 5.99. The predicted octanol–water partition coefficient (Wildman–Crippen LogP) is 2.22. The highest BCUT2D eigenvalue weighted by Crippen LogP contribution is 2.26. The molecule has 7 heteroatoms. The summed E-state index contributed by atoms with van der Waals surface area (Å²) in [6.07, 6.45) is 0.0789. The first-order valence-electron chi connectivity index (χ1n) is 9.40. The molecule has 2 amide bonds. The van der Waals surface area contributed by atoms with Crippen molar-refractivity contribution in [1.82, 2.24) is 5.32 Å². The topological polar surface area (TPSA) is 84.9 Å². The maximum Gasteiger partial charge on any atom is 0.311 e. The third-order valence-electron chi connectivity index (χ3n) is 4.82. The molecule has 1 fully saturated rings. The van der Waals surface area contributed by atoms with E-state index in [9.17, 15) is 14.4 Å². The number of rotatable bonds is 7. The molecule has 0 saturated carbocycles. The van der Waals surface area contributed by atoms with Gasteiger partial charge in [-0.3, -0.25) is 14.4 Å². The summed E-state index contributed by atoms with van der Waals surface area (Å²) in [5.74, 6) is -0.989. The van der Waals surface area contributed by atoms with Crippen LogP contribution in [0.2, 0.25) is 0 Å². The minimum Gasteiger partial charge on any atom is -0.496 e. The summed E-state index contributed by atoms with van der Waals surface area (Å²) in [4.78, 5) is 38.1. The number of nitrogens with zero attached hydrogens (tertiary/aromatic N) is 1. The number of carbonyl (C=O) groups is 3. The maximum absolute atomic E-state index is 12.3. The van der Waals surface area contributed by atoms with Gasteiger partial charge in [0.25, 0.3) is 5.91 Å². The summed E-state index contributed by atoms with van der Waals surface area (Å²) < 4.78 is 10.4. The number of benzene rings is 2. The van der Waals surface area contributed by atoms with Crippen molar-refractivity contribution in [3.63, 3.8) is 0 Å². The molecule has 1 N–H and O–H groups in total. The normalized spacial score (nSPS) is 15.9. The minimum atomic E-state index is -0.578. The van der Waals surface area contributed by atoms with Crippen LogP contribution in [0.3, 0.4) is 0 Å². The van der Waals surface area contributed by atoms with Gasteiger partial charge in [-0.1, -0.05) is 35.9 Å². The molecule has 0 spiro atoms. The van der Waals surface area contributed by atoms with Crippen molar-refractivity contribution in [1.29, 1.82) is 0 Å². The molecule has 7 nitrogen and oxygen atoms in total. The van der Waals surface area contributed by atoms with Crippen molar-refractivity contribution in [2.45, 2.75) is 19.9 Å². The molecule has 29 heavy (non-hydrogen) atoms. The SMILES string of the molecule is COc1ccccc1CNC(=O)COC(=O)[C@@H]1CC(=O)N(c2ccc(C)cc2)C1. The second-order valence-electron chi connectivity index (χ2n) is 6.94. The largest absolute Gasteiger partial charge is 0.496 e. The van der Waals surface area contributed by atoms with Gasteiger partial charge in [-0.15, -0.1) is 0 Å². The molecule has 0 unspecified atom stereocenters. The van der Waals surface area contributed by atoms with E-state index in [1.165, 1.54) is 0 Å². The Hall–Kier alpha value is -3.35. The van der Waals surface area contributed by atoms with Crippen LogP contribution in [0.4, 0.5) is 5.69 Å². The molecular weight excluding hydrogens is 372 g/mol. The minimum absolute atomic E-state index is 0.0789. The lowest BCUT2D eigenvalue weighted by atomic mass is 10.1. The lowest BCUT2D eigenvalue weighted by Gasteiger charge is -2.16. The Labute approximate surface area is 169 Å². The van der Waals surface area contributed by atoms with Crippen molar-refractivity contribution >= 4 is 23.5 Å². The third kappa shape index (κ3) is 5.13. The Bertz CT molecular complexity index is 894. The second-order valence-corrected chi connectivity index (χ2v) is 6.94. The number of aryl methyl sites for hydroxylation is 1. The number of nitrogens with one attached hydrogen (secondary N) is 1. The molecule has 1 saturated heterocycles. The van der Waals surface area contributed by atoms with Gasteiger partial charge in [-0.2, -0.15) is 0 Å². The zero-order valence-corrected chi connectivity index (χ0v) is 16.5. The Balaban J connectivity index is 1.47. The van der Waals surface area contributed by atoms with Crippen LogP contribution < -0.4 is 15.0 Å². The average Bonchev–Trinajstić information content (AvgIpc) is 3.13. The number of hydrogen-bond donors (Lipinski definition) is 1. The fourth-order valence-corrected chi connectivity index (χ4v) is 3.19. The van der Waals surface area contributed by atoms with E-state index in [1.54, 1.807) is 18.1 Å². The van der Waals surface area contributed by atoms with E-state index in [2.05, 4.69) is 5.32 Å². The van der Waals surface area contributed by atoms with Gasteiger partial charge in [0.1, 0.15) is 5.75 Å². The number of anilines is 1. The third-order valence-corrected chi connectivity index (χ3v) is 4.82. The Morgan fingerprint density at radius 2 is 1.86 bits per heavy atom. The highest BCUT2D eigenvalue weighted by atomic mass is 16.5. The summed E-state index contributed by atoms with van der Waals surface area (Å²) in [7, 11) is 1.56. The fourth-order valence-electron chi connectivity index (χ4n) is 3.19. The number of hydrogen-bond acceptors (Lipinski definition) is 5. The van der Waals surface area contributed by atoms with E-state index in [0.29, 0.717) is 5.75 Å². The van der Waals surface area contributed by atoms with Crippen LogP contribution >= 0.6 is 0 Å². The molecule has 3 rings (SSSR count). The van der Waals surface area contributed by atoms with Gasteiger partial charge in [0.2, 0.25) is 5.91 Å². The standard InChI is InChI=1S/C22H24N2O5/c1-15-7-9-18(10-8-15)24-13-17(11-21(24)26)22(27)29-14-20(25)23-12-16-5-3-4-6-19(16)28-2/h3-10,17H,11-14H2,1-2H3,(H,23,25)/t17-/m1/s1. The van der Waals surface area contributed by atoms with Crippen molar-refractivity contribution in [2.75, 3.05) is 25.2 Å². The molecule has 0 aliphatic carbocycles. The van der Waals surface area contributed by atoms with Crippen molar-refractivity contribution in [3.8, 4) is 5.75 Å². The van der Waals surface area contributed by atoms with E-state index in [0.717, 1.165) is 16.8 Å². The zero-order valence-electron chi connectivity index (χ0n) is 16.5. The zero-order chi connectivity index (χ0) is 20.8. The molecule has 0 bridgehead atoms. The average molecular weight is 396 g/mol. The van der Waals surface area contributed by atoms with E-state index >= 15 is 0 Å². The predicted molar refractivity (Wildman–Crippen MR) is 107 cm³/mol. The molecule has 0 radical (unpaired) electrons.